The number of rotatable bonds is 1. The molecule has 0 fully saturated rings. The highest BCUT2D eigenvalue weighted by atomic mass is 16.3. The van der Waals surface area contributed by atoms with Gasteiger partial charge in [0.1, 0.15) is 12.1 Å². The number of benzene rings is 1. The number of hydrogen-bond donors (Lipinski definition) is 2. The zero-order valence-electron chi connectivity index (χ0n) is 13.6. The van der Waals surface area contributed by atoms with Crippen LogP contribution in [0.4, 0.5) is 10.7 Å². The fraction of sp³-hybridized carbons (Fsp3) is 0.438. The van der Waals surface area contributed by atoms with Crippen LogP contribution in [0.15, 0.2) is 24.5 Å². The number of nitrogens with zero attached hydrogens (tertiary/aromatic N) is 4. The number of nitrogens with one attached hydrogen (secondary N) is 1. The molecule has 0 bridgehead atoms. The van der Waals surface area contributed by atoms with Crippen LogP contribution in [0.1, 0.15) is 31.9 Å². The number of carbonyl (C=O) groups is 1. The number of amides is 2. The Bertz CT molecular complexity index is 732. The molecule has 2 heterocycles. The van der Waals surface area contributed by atoms with E-state index < -0.39 is 0 Å². The topological polar surface area (TPSA) is 83.3 Å². The highest BCUT2D eigenvalue weighted by Gasteiger charge is 2.22. The summed E-state index contributed by atoms with van der Waals surface area (Å²) in [4.78, 5) is 18.2. The summed E-state index contributed by atoms with van der Waals surface area (Å²) in [7, 11) is 0. The van der Waals surface area contributed by atoms with Gasteiger partial charge in [0.15, 0.2) is 0 Å². The molecule has 0 atom stereocenters. The largest absolute Gasteiger partial charge is 0.508 e. The van der Waals surface area contributed by atoms with Crippen molar-refractivity contribution in [3.05, 3.63) is 35.7 Å². The van der Waals surface area contributed by atoms with E-state index in [4.69, 9.17) is 0 Å². The lowest BCUT2D eigenvalue weighted by atomic mass is 10.00. The van der Waals surface area contributed by atoms with E-state index in [-0.39, 0.29) is 17.3 Å². The predicted octanol–water partition coefficient (Wildman–Crippen LogP) is 2.33. The Morgan fingerprint density at radius 2 is 2.09 bits per heavy atom. The summed E-state index contributed by atoms with van der Waals surface area (Å²) in [5, 5.41) is 16.6. The van der Waals surface area contributed by atoms with Crippen LogP contribution in [0, 0.1) is 0 Å². The summed E-state index contributed by atoms with van der Waals surface area (Å²) < 4.78 is 1.71. The minimum Gasteiger partial charge on any atom is -0.508 e. The van der Waals surface area contributed by atoms with Crippen molar-refractivity contribution in [3.8, 4) is 5.75 Å². The van der Waals surface area contributed by atoms with Crippen LogP contribution in [-0.2, 0) is 18.5 Å². The van der Waals surface area contributed by atoms with E-state index in [0.717, 1.165) is 12.0 Å². The summed E-state index contributed by atoms with van der Waals surface area (Å²) in [6.45, 7) is 7.14. The smallest absolute Gasteiger partial charge is 0.324 e. The van der Waals surface area contributed by atoms with E-state index in [1.807, 2.05) is 26.8 Å². The molecule has 1 aliphatic rings. The van der Waals surface area contributed by atoms with Crippen molar-refractivity contribution in [2.75, 3.05) is 11.9 Å². The van der Waals surface area contributed by atoms with Crippen molar-refractivity contribution in [2.24, 2.45) is 0 Å². The standard InChI is InChI=1S/C16H21N5O2/c1-16(2,3)21-10-17-14(19-21)18-15(23)20-7-6-11-4-5-13(22)8-12(11)9-20/h4-5,8,10,22H,6-7,9H2,1-3H3,(H,18,19,23). The number of phenols is 1. The van der Waals surface area contributed by atoms with Crippen LogP contribution in [0.5, 0.6) is 5.75 Å². The van der Waals surface area contributed by atoms with Gasteiger partial charge in [0.25, 0.3) is 0 Å². The maximum atomic E-state index is 12.4. The molecule has 0 saturated heterocycles. The molecule has 1 aromatic carbocycles. The first kappa shape index (κ1) is 15.3. The fourth-order valence-corrected chi connectivity index (χ4v) is 2.54. The molecule has 3 rings (SSSR count). The second-order valence-electron chi connectivity index (χ2n) is 6.74. The predicted molar refractivity (Wildman–Crippen MR) is 86.3 cm³/mol. The van der Waals surface area contributed by atoms with Gasteiger partial charge in [0.2, 0.25) is 5.95 Å². The van der Waals surface area contributed by atoms with Crippen molar-refractivity contribution in [2.45, 2.75) is 39.3 Å². The molecule has 7 heteroatoms. The number of hydrogen-bond acceptors (Lipinski definition) is 4. The third-order valence-electron chi connectivity index (χ3n) is 3.89. The quantitative estimate of drug-likeness (QED) is 0.846. The minimum atomic E-state index is -0.231. The third kappa shape index (κ3) is 3.28. The van der Waals surface area contributed by atoms with Gasteiger partial charge in [-0.05, 0) is 50.5 Å². The second-order valence-corrected chi connectivity index (χ2v) is 6.74. The van der Waals surface area contributed by atoms with E-state index in [1.54, 1.807) is 28.0 Å². The Hall–Kier alpha value is -2.57. The lowest BCUT2D eigenvalue weighted by Gasteiger charge is -2.28. The van der Waals surface area contributed by atoms with E-state index in [1.165, 1.54) is 5.56 Å². The van der Waals surface area contributed by atoms with Crippen molar-refractivity contribution < 1.29 is 9.90 Å². The normalized spacial score (nSPS) is 14.5. The van der Waals surface area contributed by atoms with Crippen molar-refractivity contribution >= 4 is 12.0 Å². The lowest BCUT2D eigenvalue weighted by molar-refractivity contribution is 0.206. The molecule has 0 unspecified atom stereocenters. The number of fused-ring (bicyclic) bond motifs is 1. The first-order valence-electron chi connectivity index (χ1n) is 7.62. The molecule has 2 amide bonds. The van der Waals surface area contributed by atoms with Gasteiger partial charge in [-0.1, -0.05) is 6.07 Å². The second kappa shape index (κ2) is 5.57. The lowest BCUT2D eigenvalue weighted by Crippen LogP contribution is -2.39. The SMILES string of the molecule is CC(C)(C)n1cnc(NC(=O)N2CCc3ccc(O)cc3C2)n1. The van der Waals surface area contributed by atoms with Crippen LogP contribution in [-0.4, -0.2) is 37.3 Å². The van der Waals surface area contributed by atoms with Gasteiger partial charge in [0, 0.05) is 13.1 Å². The van der Waals surface area contributed by atoms with E-state index in [0.29, 0.717) is 19.0 Å². The molecule has 2 aromatic rings. The molecule has 1 aliphatic heterocycles. The van der Waals surface area contributed by atoms with Crippen LogP contribution < -0.4 is 5.32 Å². The molecule has 2 N–H and O–H groups in total. The molecule has 122 valence electrons. The number of phenolic OH excluding ortho intramolecular Hbond substituents is 1. The Morgan fingerprint density at radius 1 is 1.30 bits per heavy atom. The van der Waals surface area contributed by atoms with E-state index in [9.17, 15) is 9.90 Å². The Balaban J connectivity index is 1.69. The molecule has 0 spiro atoms. The Morgan fingerprint density at radius 3 is 2.78 bits per heavy atom. The summed E-state index contributed by atoms with van der Waals surface area (Å²) in [5.41, 5.74) is 1.96. The maximum Gasteiger partial charge on any atom is 0.324 e. The average molecular weight is 315 g/mol. The molecule has 23 heavy (non-hydrogen) atoms. The molecule has 1 aromatic heterocycles. The van der Waals surface area contributed by atoms with Crippen molar-refractivity contribution in [1.82, 2.24) is 19.7 Å². The molecule has 7 nitrogen and oxygen atoms in total. The minimum absolute atomic E-state index is 0.183. The van der Waals surface area contributed by atoms with Gasteiger partial charge in [-0.3, -0.25) is 5.32 Å². The summed E-state index contributed by atoms with van der Waals surface area (Å²) in [6.07, 6.45) is 2.38. The number of carbonyl (C=O) groups excluding carboxylic acids is 1. The van der Waals surface area contributed by atoms with Crippen LogP contribution in [0.3, 0.4) is 0 Å². The van der Waals surface area contributed by atoms with Crippen molar-refractivity contribution in [1.29, 1.82) is 0 Å². The zero-order chi connectivity index (χ0) is 16.6. The zero-order valence-corrected chi connectivity index (χ0v) is 13.6. The molecule has 0 saturated carbocycles. The van der Waals surface area contributed by atoms with Gasteiger partial charge in [0.05, 0.1) is 5.54 Å². The van der Waals surface area contributed by atoms with Gasteiger partial charge in [-0.2, -0.15) is 0 Å². The molecular weight excluding hydrogens is 294 g/mol. The molecule has 0 radical (unpaired) electrons. The Kier molecular flexibility index (Phi) is 3.71. The number of aromatic hydroxyl groups is 1. The van der Waals surface area contributed by atoms with Crippen LogP contribution in [0.2, 0.25) is 0 Å². The van der Waals surface area contributed by atoms with Crippen molar-refractivity contribution in [3.63, 3.8) is 0 Å². The van der Waals surface area contributed by atoms with E-state index in [2.05, 4.69) is 15.4 Å². The van der Waals surface area contributed by atoms with Gasteiger partial charge in [-0.15, -0.1) is 5.10 Å². The van der Waals surface area contributed by atoms with E-state index >= 15 is 0 Å². The van der Waals surface area contributed by atoms with Gasteiger partial charge < -0.3 is 10.0 Å². The van der Waals surface area contributed by atoms with Gasteiger partial charge in [-0.25, -0.2) is 14.5 Å². The molecule has 0 aliphatic carbocycles. The summed E-state index contributed by atoms with van der Waals surface area (Å²) >= 11 is 0. The first-order valence-corrected chi connectivity index (χ1v) is 7.62. The van der Waals surface area contributed by atoms with Crippen LogP contribution in [0.25, 0.3) is 0 Å². The number of aromatic nitrogens is 3. The number of urea groups is 1. The van der Waals surface area contributed by atoms with Crippen LogP contribution >= 0.6 is 0 Å². The first-order chi connectivity index (χ1) is 10.8. The monoisotopic (exact) mass is 315 g/mol. The third-order valence-corrected chi connectivity index (χ3v) is 3.89. The number of anilines is 1. The fourth-order valence-electron chi connectivity index (χ4n) is 2.54. The summed E-state index contributed by atoms with van der Waals surface area (Å²) in [6, 6.07) is 5.07. The Labute approximate surface area is 134 Å². The van der Waals surface area contributed by atoms with Gasteiger partial charge >= 0.3 is 6.03 Å². The highest BCUT2D eigenvalue weighted by molar-refractivity contribution is 5.87. The highest BCUT2D eigenvalue weighted by Crippen LogP contribution is 2.23. The maximum absolute atomic E-state index is 12.4. The average Bonchev–Trinajstić information content (AvgIpc) is 2.95. The summed E-state index contributed by atoms with van der Waals surface area (Å²) in [5.74, 6) is 0.517. The molecular formula is C16H21N5O2.